The average molecular weight is 422 g/mol. The number of benzene rings is 3. The number of methoxy groups -OCH3 is 1. The molecule has 0 fully saturated rings. The smallest absolute Gasteiger partial charge is 0.165 e. The average Bonchev–Trinajstić information content (AvgIpc) is 3.23. The zero-order valence-electron chi connectivity index (χ0n) is 17.6. The summed E-state index contributed by atoms with van der Waals surface area (Å²) >= 11 is 0. The molecule has 0 aliphatic carbocycles. The van der Waals surface area contributed by atoms with Gasteiger partial charge >= 0.3 is 0 Å². The SMILES string of the molecule is COc1ccccc1-c1cnc2c(-c3ccccc3)c(COc3ccccc3)nn2c1N. The van der Waals surface area contributed by atoms with Gasteiger partial charge in [0.25, 0.3) is 0 Å². The van der Waals surface area contributed by atoms with Crippen LogP contribution in [0.15, 0.2) is 91.1 Å². The zero-order chi connectivity index (χ0) is 21.9. The molecule has 0 atom stereocenters. The third-order valence-corrected chi connectivity index (χ3v) is 5.33. The predicted molar refractivity (Wildman–Crippen MR) is 126 cm³/mol. The largest absolute Gasteiger partial charge is 0.496 e. The van der Waals surface area contributed by atoms with Gasteiger partial charge in [-0.05, 0) is 23.8 Å². The molecule has 0 unspecified atom stereocenters. The second kappa shape index (κ2) is 8.43. The Labute approximate surface area is 185 Å². The summed E-state index contributed by atoms with van der Waals surface area (Å²) in [4.78, 5) is 4.76. The maximum absolute atomic E-state index is 6.61. The van der Waals surface area contributed by atoms with Gasteiger partial charge in [0.2, 0.25) is 0 Å². The summed E-state index contributed by atoms with van der Waals surface area (Å²) in [6, 6.07) is 27.4. The second-order valence-electron chi connectivity index (χ2n) is 7.28. The number of nitrogens with two attached hydrogens (primary N) is 1. The van der Waals surface area contributed by atoms with E-state index in [9.17, 15) is 0 Å². The number of hydrogen-bond donors (Lipinski definition) is 1. The van der Waals surface area contributed by atoms with Gasteiger partial charge in [-0.25, -0.2) is 4.98 Å². The number of nitrogen functional groups attached to an aromatic ring is 1. The van der Waals surface area contributed by atoms with E-state index >= 15 is 0 Å². The van der Waals surface area contributed by atoms with Gasteiger partial charge < -0.3 is 15.2 Å². The van der Waals surface area contributed by atoms with Crippen molar-refractivity contribution in [2.24, 2.45) is 0 Å². The molecular weight excluding hydrogens is 400 g/mol. The highest BCUT2D eigenvalue weighted by Crippen LogP contribution is 2.36. The van der Waals surface area contributed by atoms with E-state index in [1.54, 1.807) is 17.8 Å². The molecule has 0 aliphatic rings. The minimum absolute atomic E-state index is 0.293. The summed E-state index contributed by atoms with van der Waals surface area (Å²) in [7, 11) is 1.64. The number of nitrogens with zero attached hydrogens (tertiary/aromatic N) is 3. The minimum Gasteiger partial charge on any atom is -0.496 e. The molecule has 6 heteroatoms. The van der Waals surface area contributed by atoms with E-state index in [2.05, 4.69) is 0 Å². The van der Waals surface area contributed by atoms with E-state index in [4.69, 9.17) is 25.3 Å². The number of rotatable bonds is 6. The van der Waals surface area contributed by atoms with Crippen molar-refractivity contribution in [1.82, 2.24) is 14.6 Å². The third kappa shape index (κ3) is 3.52. The molecular formula is C26H22N4O2. The lowest BCUT2D eigenvalue weighted by Gasteiger charge is -2.11. The van der Waals surface area contributed by atoms with Gasteiger partial charge in [-0.1, -0.05) is 66.7 Å². The van der Waals surface area contributed by atoms with Crippen LogP contribution in [0.25, 0.3) is 27.9 Å². The number of aromatic nitrogens is 3. The summed E-state index contributed by atoms with van der Waals surface area (Å²) in [5, 5.41) is 4.81. The molecule has 6 nitrogen and oxygen atoms in total. The van der Waals surface area contributed by atoms with E-state index in [1.165, 1.54) is 0 Å². The number of hydrogen-bond acceptors (Lipinski definition) is 5. The lowest BCUT2D eigenvalue weighted by atomic mass is 10.1. The van der Waals surface area contributed by atoms with Crippen LogP contribution in [-0.2, 0) is 6.61 Å². The third-order valence-electron chi connectivity index (χ3n) is 5.33. The highest BCUT2D eigenvalue weighted by atomic mass is 16.5. The summed E-state index contributed by atoms with van der Waals surface area (Å²) in [6.07, 6.45) is 1.78. The summed E-state index contributed by atoms with van der Waals surface area (Å²) in [5.41, 5.74) is 11.6. The molecule has 0 radical (unpaired) electrons. The van der Waals surface area contributed by atoms with Gasteiger partial charge in [0.1, 0.15) is 29.6 Å². The molecule has 0 saturated heterocycles. The van der Waals surface area contributed by atoms with Crippen LogP contribution in [0.1, 0.15) is 5.69 Å². The predicted octanol–water partition coefficient (Wildman–Crippen LogP) is 5.23. The number of fused-ring (bicyclic) bond motifs is 1. The fraction of sp³-hybridized carbons (Fsp3) is 0.0769. The highest BCUT2D eigenvalue weighted by molar-refractivity contribution is 5.85. The number of ether oxygens (including phenoxy) is 2. The summed E-state index contributed by atoms with van der Waals surface area (Å²) < 4.78 is 13.2. The van der Waals surface area contributed by atoms with Crippen LogP contribution in [0.5, 0.6) is 11.5 Å². The molecule has 158 valence electrons. The van der Waals surface area contributed by atoms with Crippen LogP contribution in [0.4, 0.5) is 5.82 Å². The standard InChI is InChI=1S/C26H22N4O2/c1-31-23-15-9-8-14-20(23)21-16-28-26-24(18-10-4-2-5-11-18)22(29-30(26)25(21)27)17-32-19-12-6-3-7-13-19/h2-16H,17,27H2,1H3. The first kappa shape index (κ1) is 19.6. The monoisotopic (exact) mass is 422 g/mol. The summed E-state index contributed by atoms with van der Waals surface area (Å²) in [6.45, 7) is 0.293. The van der Waals surface area contributed by atoms with E-state index < -0.39 is 0 Å². The summed E-state index contributed by atoms with van der Waals surface area (Å²) in [5.74, 6) is 1.99. The van der Waals surface area contributed by atoms with Gasteiger partial charge in [-0.2, -0.15) is 9.61 Å². The molecule has 0 saturated carbocycles. The van der Waals surface area contributed by atoms with Crippen molar-refractivity contribution in [3.63, 3.8) is 0 Å². The highest BCUT2D eigenvalue weighted by Gasteiger charge is 2.20. The molecule has 5 rings (SSSR count). The first-order valence-corrected chi connectivity index (χ1v) is 10.3. The molecule has 32 heavy (non-hydrogen) atoms. The van der Waals surface area contributed by atoms with Crippen LogP contribution >= 0.6 is 0 Å². The normalized spacial score (nSPS) is 10.9. The Kier molecular flexibility index (Phi) is 5.17. The van der Waals surface area contributed by atoms with Crippen molar-refractivity contribution >= 4 is 11.5 Å². The molecule has 5 aromatic rings. The molecule has 2 N–H and O–H groups in total. The first-order valence-electron chi connectivity index (χ1n) is 10.3. The Morgan fingerprint density at radius 2 is 1.53 bits per heavy atom. The number of anilines is 1. The van der Waals surface area contributed by atoms with Crippen LogP contribution in [0, 0.1) is 0 Å². The Balaban J connectivity index is 1.66. The van der Waals surface area contributed by atoms with Gasteiger partial charge in [-0.15, -0.1) is 0 Å². The minimum atomic E-state index is 0.293. The second-order valence-corrected chi connectivity index (χ2v) is 7.28. The van der Waals surface area contributed by atoms with Crippen LogP contribution in [0.3, 0.4) is 0 Å². The molecule has 2 aromatic heterocycles. The van der Waals surface area contributed by atoms with Crippen LogP contribution < -0.4 is 15.2 Å². The topological polar surface area (TPSA) is 74.7 Å². The van der Waals surface area contributed by atoms with Gasteiger partial charge in [0.05, 0.1) is 12.7 Å². The maximum atomic E-state index is 6.61. The van der Waals surface area contributed by atoms with Crippen molar-refractivity contribution in [1.29, 1.82) is 0 Å². The van der Waals surface area contributed by atoms with E-state index in [-0.39, 0.29) is 0 Å². The van der Waals surface area contributed by atoms with Crippen LogP contribution in [-0.4, -0.2) is 21.7 Å². The fourth-order valence-electron chi connectivity index (χ4n) is 3.79. The van der Waals surface area contributed by atoms with Crippen molar-refractivity contribution in [2.75, 3.05) is 12.8 Å². The van der Waals surface area contributed by atoms with E-state index in [0.717, 1.165) is 39.4 Å². The molecule has 0 spiro atoms. The van der Waals surface area contributed by atoms with E-state index in [0.29, 0.717) is 18.1 Å². The van der Waals surface area contributed by atoms with Crippen molar-refractivity contribution in [3.8, 4) is 33.8 Å². The van der Waals surface area contributed by atoms with Crippen molar-refractivity contribution in [3.05, 3.63) is 96.8 Å². The maximum Gasteiger partial charge on any atom is 0.165 e. The Hall–Kier alpha value is -4.32. The lowest BCUT2D eigenvalue weighted by Crippen LogP contribution is -2.04. The molecule has 0 aliphatic heterocycles. The van der Waals surface area contributed by atoms with Crippen molar-refractivity contribution < 1.29 is 9.47 Å². The first-order chi connectivity index (χ1) is 15.8. The number of para-hydroxylation sites is 2. The van der Waals surface area contributed by atoms with Gasteiger partial charge in [-0.3, -0.25) is 0 Å². The Morgan fingerprint density at radius 1 is 0.844 bits per heavy atom. The van der Waals surface area contributed by atoms with Gasteiger partial charge in [0, 0.05) is 17.3 Å². The molecule has 3 aromatic carbocycles. The van der Waals surface area contributed by atoms with Crippen LogP contribution in [0.2, 0.25) is 0 Å². The van der Waals surface area contributed by atoms with E-state index in [1.807, 2.05) is 84.9 Å². The Bertz CT molecular complexity index is 1370. The molecule has 0 amide bonds. The molecule has 0 bridgehead atoms. The van der Waals surface area contributed by atoms with Gasteiger partial charge in [0.15, 0.2) is 5.65 Å². The van der Waals surface area contributed by atoms with Crippen molar-refractivity contribution in [2.45, 2.75) is 6.61 Å². The zero-order valence-corrected chi connectivity index (χ0v) is 17.6. The lowest BCUT2D eigenvalue weighted by molar-refractivity contribution is 0.301. The fourth-order valence-corrected chi connectivity index (χ4v) is 3.79. The molecule has 2 heterocycles. The quantitative estimate of drug-likeness (QED) is 0.405. The Morgan fingerprint density at radius 3 is 2.28 bits per heavy atom.